The van der Waals surface area contributed by atoms with Crippen molar-refractivity contribution in [3.05, 3.63) is 54.1 Å². The van der Waals surface area contributed by atoms with Crippen molar-refractivity contribution >= 4 is 21.6 Å². The number of nitrogens with one attached hydrogen (secondary N) is 1. The number of nitrogens with zero attached hydrogens (tertiary/aromatic N) is 1. The van der Waals surface area contributed by atoms with Crippen molar-refractivity contribution in [2.75, 3.05) is 24.5 Å². The molecule has 134 valence electrons. The van der Waals surface area contributed by atoms with E-state index in [2.05, 4.69) is 5.32 Å². The number of ether oxygens (including phenoxy) is 1. The van der Waals surface area contributed by atoms with Crippen LogP contribution >= 0.6 is 0 Å². The minimum absolute atomic E-state index is 0.158. The van der Waals surface area contributed by atoms with Gasteiger partial charge in [-0.15, -0.1) is 0 Å². The first-order chi connectivity index (χ1) is 11.9. The van der Waals surface area contributed by atoms with Crippen LogP contribution in [0.25, 0.3) is 0 Å². The van der Waals surface area contributed by atoms with Crippen LogP contribution < -0.4 is 14.4 Å². The number of hydrogen-bond acceptors (Lipinski definition) is 4. The Kier molecular flexibility index (Phi) is 6.03. The van der Waals surface area contributed by atoms with E-state index in [0.717, 1.165) is 4.31 Å². The first-order valence-electron chi connectivity index (χ1n) is 7.90. The fourth-order valence-electron chi connectivity index (χ4n) is 2.48. The van der Waals surface area contributed by atoms with E-state index in [-0.39, 0.29) is 17.3 Å². The number of anilines is 1. The highest BCUT2D eigenvalue weighted by molar-refractivity contribution is 7.93. The summed E-state index contributed by atoms with van der Waals surface area (Å²) in [5.41, 5.74) is 0.929. The van der Waals surface area contributed by atoms with E-state index in [9.17, 15) is 13.2 Å². The number of likely N-dealkylation sites (N-methyl/N-ethyl adjacent to an activating group) is 1. The number of amides is 1. The lowest BCUT2D eigenvalue weighted by Crippen LogP contribution is -2.41. The van der Waals surface area contributed by atoms with Crippen molar-refractivity contribution in [3.8, 4) is 5.75 Å². The third-order valence-corrected chi connectivity index (χ3v) is 5.60. The van der Waals surface area contributed by atoms with Crippen LogP contribution in [0.3, 0.4) is 0 Å². The van der Waals surface area contributed by atoms with Crippen LogP contribution in [0.5, 0.6) is 5.75 Å². The van der Waals surface area contributed by atoms with Gasteiger partial charge in [0.2, 0.25) is 5.91 Å². The maximum atomic E-state index is 13.3. The van der Waals surface area contributed by atoms with Crippen LogP contribution in [0.4, 0.5) is 5.69 Å². The van der Waals surface area contributed by atoms with E-state index in [1.807, 2.05) is 0 Å². The second kappa shape index (κ2) is 8.02. The third-order valence-electron chi connectivity index (χ3n) is 3.68. The summed E-state index contributed by atoms with van der Waals surface area (Å²) in [5.74, 6) is -0.00507. The zero-order valence-corrected chi connectivity index (χ0v) is 15.3. The van der Waals surface area contributed by atoms with Gasteiger partial charge in [0.05, 0.1) is 17.7 Å². The lowest BCUT2D eigenvalue weighted by Gasteiger charge is -2.26. The number of carbonyl (C=O) groups excluding carboxylic acids is 1. The minimum Gasteiger partial charge on any atom is -0.495 e. The second-order valence-corrected chi connectivity index (χ2v) is 7.23. The molecule has 0 saturated carbocycles. The zero-order chi connectivity index (χ0) is 18.4. The average molecular weight is 362 g/mol. The van der Waals surface area contributed by atoms with Crippen LogP contribution in [0.15, 0.2) is 53.4 Å². The summed E-state index contributed by atoms with van der Waals surface area (Å²) in [6.45, 7) is 3.59. The maximum absolute atomic E-state index is 13.3. The quantitative estimate of drug-likeness (QED) is 0.820. The molecule has 2 aromatic carbocycles. The van der Waals surface area contributed by atoms with Gasteiger partial charge in [-0.25, -0.2) is 8.42 Å². The number of rotatable bonds is 7. The zero-order valence-electron chi connectivity index (χ0n) is 14.5. The van der Waals surface area contributed by atoms with Gasteiger partial charge in [0.1, 0.15) is 12.3 Å². The van der Waals surface area contributed by atoms with E-state index in [1.165, 1.54) is 13.2 Å². The van der Waals surface area contributed by atoms with Crippen molar-refractivity contribution in [3.63, 3.8) is 0 Å². The number of benzene rings is 2. The van der Waals surface area contributed by atoms with E-state index >= 15 is 0 Å². The number of hydrogen-bond donors (Lipinski definition) is 1. The van der Waals surface area contributed by atoms with Crippen LogP contribution in [0.1, 0.15) is 12.5 Å². The molecule has 0 atom stereocenters. The smallest absolute Gasteiger partial charge is 0.265 e. The number of methoxy groups -OCH3 is 1. The fraction of sp³-hybridized carbons (Fsp3) is 0.278. The molecule has 25 heavy (non-hydrogen) atoms. The highest BCUT2D eigenvalue weighted by Gasteiger charge is 2.30. The summed E-state index contributed by atoms with van der Waals surface area (Å²) in [6, 6.07) is 13.4. The fourth-order valence-corrected chi connectivity index (χ4v) is 4.14. The maximum Gasteiger partial charge on any atom is 0.265 e. The number of para-hydroxylation sites is 2. The largest absolute Gasteiger partial charge is 0.495 e. The molecule has 0 aliphatic heterocycles. The number of sulfonamides is 1. The molecule has 0 aliphatic rings. The molecule has 0 radical (unpaired) electrons. The van der Waals surface area contributed by atoms with Gasteiger partial charge in [0.15, 0.2) is 0 Å². The molecule has 2 rings (SSSR count). The van der Waals surface area contributed by atoms with Gasteiger partial charge in [-0.1, -0.05) is 30.3 Å². The van der Waals surface area contributed by atoms with Gasteiger partial charge in [0, 0.05) is 6.54 Å². The van der Waals surface area contributed by atoms with Crippen molar-refractivity contribution in [1.29, 1.82) is 0 Å². The topological polar surface area (TPSA) is 75.7 Å². The summed E-state index contributed by atoms with van der Waals surface area (Å²) in [7, 11) is -2.48. The Hall–Kier alpha value is -2.54. The monoisotopic (exact) mass is 362 g/mol. The van der Waals surface area contributed by atoms with E-state index in [1.54, 1.807) is 56.3 Å². The molecule has 2 aromatic rings. The van der Waals surface area contributed by atoms with Gasteiger partial charge < -0.3 is 10.1 Å². The van der Waals surface area contributed by atoms with E-state index in [0.29, 0.717) is 23.5 Å². The van der Waals surface area contributed by atoms with Crippen molar-refractivity contribution in [1.82, 2.24) is 5.32 Å². The third kappa shape index (κ3) is 4.11. The number of aryl methyl sites for hydroxylation is 1. The lowest BCUT2D eigenvalue weighted by molar-refractivity contribution is -0.119. The molecule has 0 bridgehead atoms. The highest BCUT2D eigenvalue weighted by atomic mass is 32.2. The molecule has 0 aromatic heterocycles. The predicted octanol–water partition coefficient (Wildman–Crippen LogP) is 2.34. The Morgan fingerprint density at radius 3 is 2.40 bits per heavy atom. The molecule has 0 heterocycles. The summed E-state index contributed by atoms with van der Waals surface area (Å²) in [5, 5.41) is 2.64. The van der Waals surface area contributed by atoms with E-state index < -0.39 is 10.0 Å². The van der Waals surface area contributed by atoms with Crippen LogP contribution in [0.2, 0.25) is 0 Å². The predicted molar refractivity (Wildman–Crippen MR) is 97.4 cm³/mol. The highest BCUT2D eigenvalue weighted by Crippen LogP contribution is 2.32. The summed E-state index contributed by atoms with van der Waals surface area (Å²) in [6.07, 6.45) is 0. The van der Waals surface area contributed by atoms with Gasteiger partial charge in [-0.05, 0) is 37.6 Å². The van der Waals surface area contributed by atoms with Crippen LogP contribution in [-0.4, -0.2) is 34.5 Å². The Balaban J connectivity index is 2.59. The summed E-state index contributed by atoms with van der Waals surface area (Å²) in [4.78, 5) is 12.3. The van der Waals surface area contributed by atoms with Gasteiger partial charge in [-0.3, -0.25) is 9.10 Å². The standard InChI is InChI=1S/C18H22N2O4S/c1-4-19-18(21)13-20(15-10-6-7-11-16(15)24-3)25(22,23)17-12-8-5-9-14(17)2/h5-12H,4,13H2,1-3H3,(H,19,21). The van der Waals surface area contributed by atoms with Crippen molar-refractivity contribution < 1.29 is 17.9 Å². The van der Waals surface area contributed by atoms with Crippen LogP contribution in [0, 0.1) is 6.92 Å². The van der Waals surface area contributed by atoms with Gasteiger partial charge in [-0.2, -0.15) is 0 Å². The average Bonchev–Trinajstić information content (AvgIpc) is 2.60. The summed E-state index contributed by atoms with van der Waals surface area (Å²) >= 11 is 0. The Bertz CT molecular complexity index is 850. The van der Waals surface area contributed by atoms with Gasteiger partial charge >= 0.3 is 0 Å². The molecule has 7 heteroatoms. The second-order valence-electron chi connectivity index (χ2n) is 5.40. The first kappa shape index (κ1) is 18.8. The molecule has 0 saturated heterocycles. The molecule has 0 aliphatic carbocycles. The summed E-state index contributed by atoms with van der Waals surface area (Å²) < 4.78 is 32.9. The molecule has 0 unspecified atom stereocenters. The molecular weight excluding hydrogens is 340 g/mol. The Labute approximate surface area is 148 Å². The molecule has 1 amide bonds. The Morgan fingerprint density at radius 2 is 1.76 bits per heavy atom. The lowest BCUT2D eigenvalue weighted by atomic mass is 10.2. The first-order valence-corrected chi connectivity index (χ1v) is 9.34. The normalized spacial score (nSPS) is 11.0. The van der Waals surface area contributed by atoms with Crippen LogP contribution in [-0.2, 0) is 14.8 Å². The Morgan fingerprint density at radius 1 is 1.12 bits per heavy atom. The number of carbonyl (C=O) groups is 1. The van der Waals surface area contributed by atoms with Gasteiger partial charge in [0.25, 0.3) is 10.0 Å². The van der Waals surface area contributed by atoms with E-state index in [4.69, 9.17) is 4.74 Å². The molecule has 1 N–H and O–H groups in total. The van der Waals surface area contributed by atoms with Crippen molar-refractivity contribution in [2.45, 2.75) is 18.7 Å². The SMILES string of the molecule is CCNC(=O)CN(c1ccccc1OC)S(=O)(=O)c1ccccc1C. The van der Waals surface area contributed by atoms with Crippen molar-refractivity contribution in [2.24, 2.45) is 0 Å². The molecule has 0 fully saturated rings. The minimum atomic E-state index is -3.94. The molecular formula is C18H22N2O4S. The molecule has 0 spiro atoms. The molecule has 6 nitrogen and oxygen atoms in total.